The quantitative estimate of drug-likeness (QED) is 0.230. The fourth-order valence-electron chi connectivity index (χ4n) is 4.86. The van der Waals surface area contributed by atoms with Gasteiger partial charge in [0.05, 0.1) is 6.10 Å². The van der Waals surface area contributed by atoms with Gasteiger partial charge in [-0.05, 0) is 43.7 Å². The Morgan fingerprint density at radius 1 is 1.28 bits per heavy atom. The number of hydrogen-bond donors (Lipinski definition) is 1. The number of nitrogens with one attached hydrogen (secondary N) is 1. The van der Waals surface area contributed by atoms with Crippen LogP contribution < -0.4 is 10.2 Å². The van der Waals surface area contributed by atoms with Gasteiger partial charge >= 0.3 is 0 Å². The maximum Gasteiger partial charge on any atom is 0.222 e. The van der Waals surface area contributed by atoms with Crippen LogP contribution in [0.25, 0.3) is 0 Å². The lowest BCUT2D eigenvalue weighted by atomic mass is 9.98. The van der Waals surface area contributed by atoms with E-state index in [-0.39, 0.29) is 24.0 Å². The topological polar surface area (TPSA) is 66.4 Å². The number of nitrogens with zero attached hydrogens (tertiary/aromatic N) is 3. The van der Waals surface area contributed by atoms with Crippen molar-refractivity contribution in [1.82, 2.24) is 10.2 Å². The third-order valence-corrected chi connectivity index (χ3v) is 6.58. The summed E-state index contributed by atoms with van der Waals surface area (Å²) in [6, 6.07) is 8.60. The fraction of sp³-hybridized carbons (Fsp3) is 0.667. The monoisotopic (exact) mass is 556 g/mol. The zero-order chi connectivity index (χ0) is 21.5. The van der Waals surface area contributed by atoms with E-state index in [1.165, 1.54) is 11.3 Å². The summed E-state index contributed by atoms with van der Waals surface area (Å²) >= 11 is 0. The van der Waals surface area contributed by atoms with Gasteiger partial charge in [-0.1, -0.05) is 18.2 Å². The highest BCUT2D eigenvalue weighted by Gasteiger charge is 2.32. The van der Waals surface area contributed by atoms with E-state index in [1.54, 1.807) is 0 Å². The number of aliphatic imine (C=N–C) groups is 1. The highest BCUT2D eigenvalue weighted by Crippen LogP contribution is 2.38. The normalized spacial score (nSPS) is 21.6. The van der Waals surface area contributed by atoms with Gasteiger partial charge in [-0.2, -0.15) is 0 Å². The summed E-state index contributed by atoms with van der Waals surface area (Å²) in [5.41, 5.74) is 2.59. The second-order valence-electron chi connectivity index (χ2n) is 8.65. The average Bonchev–Trinajstić information content (AvgIpc) is 3.39. The molecule has 0 spiro atoms. The molecule has 3 heterocycles. The van der Waals surface area contributed by atoms with Crippen LogP contribution in [-0.4, -0.2) is 75.9 Å². The molecular formula is C24H37IN4O3. The van der Waals surface area contributed by atoms with Gasteiger partial charge in [0.1, 0.15) is 0 Å². The molecule has 8 heteroatoms. The number of carbonyl (C=O) groups is 1. The molecule has 178 valence electrons. The molecule has 0 aromatic heterocycles. The first kappa shape index (κ1) is 25.2. The summed E-state index contributed by atoms with van der Waals surface area (Å²) < 4.78 is 11.4. The van der Waals surface area contributed by atoms with Crippen molar-refractivity contribution in [2.45, 2.75) is 50.5 Å². The molecule has 7 nitrogen and oxygen atoms in total. The van der Waals surface area contributed by atoms with Crippen LogP contribution in [0.5, 0.6) is 0 Å². The maximum absolute atomic E-state index is 12.0. The number of para-hydroxylation sites is 1. The van der Waals surface area contributed by atoms with E-state index in [4.69, 9.17) is 9.47 Å². The Hall–Kier alpha value is -1.39. The molecule has 4 rings (SSSR count). The lowest BCUT2D eigenvalue weighted by Gasteiger charge is -2.24. The van der Waals surface area contributed by atoms with Crippen molar-refractivity contribution >= 4 is 41.5 Å². The zero-order valence-corrected chi connectivity index (χ0v) is 21.5. The molecule has 0 bridgehead atoms. The predicted octanol–water partition coefficient (Wildman–Crippen LogP) is 3.38. The second-order valence-corrected chi connectivity index (χ2v) is 8.65. The van der Waals surface area contributed by atoms with Crippen molar-refractivity contribution in [3.05, 3.63) is 29.8 Å². The average molecular weight is 556 g/mol. The van der Waals surface area contributed by atoms with E-state index in [9.17, 15) is 4.79 Å². The number of rotatable bonds is 8. The Kier molecular flexibility index (Phi) is 10.1. The molecule has 0 aliphatic carbocycles. The summed E-state index contributed by atoms with van der Waals surface area (Å²) in [6.07, 6.45) is 6.01. The molecule has 2 fully saturated rings. The minimum atomic E-state index is 0. The zero-order valence-electron chi connectivity index (χ0n) is 19.1. The van der Waals surface area contributed by atoms with Crippen LogP contribution in [0, 0.1) is 0 Å². The van der Waals surface area contributed by atoms with Gasteiger partial charge in [0, 0.05) is 71.1 Å². The molecule has 1 N–H and O–H groups in total. The summed E-state index contributed by atoms with van der Waals surface area (Å²) in [7, 11) is 1.85. The summed E-state index contributed by atoms with van der Waals surface area (Å²) in [5.74, 6) is 1.64. The molecule has 1 aromatic rings. The predicted molar refractivity (Wildman–Crippen MR) is 138 cm³/mol. The van der Waals surface area contributed by atoms with E-state index >= 15 is 0 Å². The lowest BCUT2D eigenvalue weighted by Crippen LogP contribution is -2.41. The number of ether oxygens (including phenoxy) is 2. The van der Waals surface area contributed by atoms with Crippen molar-refractivity contribution in [1.29, 1.82) is 0 Å². The summed E-state index contributed by atoms with van der Waals surface area (Å²) in [6.45, 7) is 5.89. The molecule has 1 amide bonds. The van der Waals surface area contributed by atoms with E-state index in [1.807, 2.05) is 11.9 Å². The van der Waals surface area contributed by atoms with E-state index in [0.717, 1.165) is 84.1 Å². The molecule has 1 unspecified atom stereocenters. The third kappa shape index (κ3) is 6.35. The third-order valence-electron chi connectivity index (χ3n) is 6.58. The van der Waals surface area contributed by atoms with Crippen molar-refractivity contribution in [3.8, 4) is 0 Å². The number of anilines is 1. The van der Waals surface area contributed by atoms with Crippen molar-refractivity contribution in [2.75, 3.05) is 57.9 Å². The molecule has 0 radical (unpaired) electrons. The first-order valence-electron chi connectivity index (χ1n) is 11.8. The number of benzene rings is 1. The first-order valence-corrected chi connectivity index (χ1v) is 11.8. The lowest BCUT2D eigenvalue weighted by molar-refractivity contribution is -0.127. The van der Waals surface area contributed by atoms with Gasteiger partial charge in [-0.3, -0.25) is 9.79 Å². The number of guanidine groups is 1. The molecular weight excluding hydrogens is 519 g/mol. The number of carbonyl (C=O) groups excluding carboxylic acids is 1. The van der Waals surface area contributed by atoms with Crippen LogP contribution >= 0.6 is 24.0 Å². The largest absolute Gasteiger partial charge is 0.381 e. The Labute approximate surface area is 208 Å². The van der Waals surface area contributed by atoms with Gasteiger partial charge in [0.15, 0.2) is 5.96 Å². The number of hydrogen-bond acceptors (Lipinski definition) is 4. The molecule has 3 aliphatic rings. The Balaban J connectivity index is 0.00000289. The summed E-state index contributed by atoms with van der Waals surface area (Å²) in [5, 5.41) is 3.52. The Morgan fingerprint density at radius 2 is 2.09 bits per heavy atom. The van der Waals surface area contributed by atoms with Gasteiger partial charge in [-0.25, -0.2) is 0 Å². The first-order chi connectivity index (χ1) is 15.3. The van der Waals surface area contributed by atoms with Crippen molar-refractivity contribution < 1.29 is 14.3 Å². The number of halogens is 1. The van der Waals surface area contributed by atoms with Gasteiger partial charge in [0.2, 0.25) is 5.91 Å². The number of likely N-dealkylation sites (tertiary alicyclic amines) is 1. The number of amides is 1. The Morgan fingerprint density at radius 3 is 2.84 bits per heavy atom. The molecule has 1 atom stereocenters. The van der Waals surface area contributed by atoms with Gasteiger partial charge in [-0.15, -0.1) is 24.0 Å². The maximum atomic E-state index is 12.0. The molecule has 3 aliphatic heterocycles. The summed E-state index contributed by atoms with van der Waals surface area (Å²) in [4.78, 5) is 20.9. The van der Waals surface area contributed by atoms with Crippen LogP contribution in [0.15, 0.2) is 29.3 Å². The smallest absolute Gasteiger partial charge is 0.222 e. The van der Waals surface area contributed by atoms with Gasteiger partial charge < -0.3 is 24.6 Å². The molecule has 1 aromatic carbocycles. The molecule has 2 saturated heterocycles. The minimum absolute atomic E-state index is 0. The van der Waals surface area contributed by atoms with Gasteiger partial charge in [0.25, 0.3) is 0 Å². The highest BCUT2D eigenvalue weighted by atomic mass is 127. The van der Waals surface area contributed by atoms with Crippen LogP contribution in [-0.2, 0) is 14.3 Å². The second kappa shape index (κ2) is 12.7. The van der Waals surface area contributed by atoms with Crippen molar-refractivity contribution in [3.63, 3.8) is 0 Å². The standard InChI is InChI=1S/C24H36N4O3.HI/c1-25-24(26-12-5-15-31-20-10-16-30-17-11-20)28-18-19(21-6-2-3-7-22(21)28)9-14-27-13-4-8-23(27)29;/h2-3,6-7,19-20H,4-5,8-18H2,1H3,(H,25,26);1H. The number of fused-ring (bicyclic) bond motifs is 1. The van der Waals surface area contributed by atoms with Crippen LogP contribution in [0.4, 0.5) is 5.69 Å². The minimum Gasteiger partial charge on any atom is -0.381 e. The van der Waals surface area contributed by atoms with E-state index in [0.29, 0.717) is 24.3 Å². The highest BCUT2D eigenvalue weighted by molar-refractivity contribution is 14.0. The molecule has 0 saturated carbocycles. The molecule has 32 heavy (non-hydrogen) atoms. The Bertz CT molecular complexity index is 769. The van der Waals surface area contributed by atoms with Crippen molar-refractivity contribution in [2.24, 2.45) is 4.99 Å². The van der Waals surface area contributed by atoms with E-state index in [2.05, 4.69) is 39.5 Å². The SMILES string of the molecule is CN=C(NCCCOC1CCOCC1)N1CC(CCN2CCCC2=O)c2ccccc21.I. The van der Waals surface area contributed by atoms with Crippen LogP contribution in [0.1, 0.15) is 50.0 Å². The van der Waals surface area contributed by atoms with Crippen LogP contribution in [0.3, 0.4) is 0 Å². The fourth-order valence-corrected chi connectivity index (χ4v) is 4.86. The van der Waals surface area contributed by atoms with E-state index < -0.39 is 0 Å². The van der Waals surface area contributed by atoms with Crippen LogP contribution in [0.2, 0.25) is 0 Å².